The number of nitrogens with zero attached hydrogens (tertiary/aromatic N) is 2. The van der Waals surface area contributed by atoms with Crippen molar-refractivity contribution in [2.45, 2.75) is 76.9 Å². The molecule has 3 N–H and O–H groups in total. The van der Waals surface area contributed by atoms with Gasteiger partial charge in [0.15, 0.2) is 0 Å². The molecule has 35 heavy (non-hydrogen) atoms. The number of aromatic nitrogens is 1. The highest BCUT2D eigenvalue weighted by Crippen LogP contribution is 2.47. The first-order chi connectivity index (χ1) is 16.8. The van der Waals surface area contributed by atoms with E-state index in [1.807, 2.05) is 11.8 Å². The Bertz CT molecular complexity index is 845. The topological polar surface area (TPSA) is 104 Å². The number of aliphatic carboxylic acids is 1. The van der Waals surface area contributed by atoms with Gasteiger partial charge in [-0.1, -0.05) is 13.0 Å². The lowest BCUT2D eigenvalue weighted by molar-refractivity contribution is -0.142. The Balaban J connectivity index is 1.48. The van der Waals surface area contributed by atoms with Gasteiger partial charge in [0.2, 0.25) is 5.91 Å². The Morgan fingerprint density at radius 3 is 2.80 bits per heavy atom. The van der Waals surface area contributed by atoms with Crippen molar-refractivity contribution in [2.24, 2.45) is 5.41 Å². The van der Waals surface area contributed by atoms with Crippen molar-refractivity contribution in [2.75, 3.05) is 45.3 Å². The standard InChI is InChI=1S/C26H41FN4O4/c1-26(11-12-26)16-23(32)30-22(25(33)34)10-15-31(18-21(17-27)35-2)14-4-3-7-20-9-8-19-6-5-13-28-24(19)29-20/h8-9,21-22H,3-7,10-18H2,1-2H3,(H,28,29)(H,30,32)(H,33,34). The number of pyridine rings is 1. The summed E-state index contributed by atoms with van der Waals surface area (Å²) in [7, 11) is 1.48. The first-order valence-corrected chi connectivity index (χ1v) is 12.9. The van der Waals surface area contributed by atoms with Crippen LogP contribution in [0, 0.1) is 5.41 Å². The molecule has 0 saturated heterocycles. The third kappa shape index (κ3) is 9.04. The summed E-state index contributed by atoms with van der Waals surface area (Å²) in [6.45, 7) is 3.92. The molecule has 1 fully saturated rings. The van der Waals surface area contributed by atoms with Gasteiger partial charge < -0.3 is 25.4 Å². The van der Waals surface area contributed by atoms with Crippen LogP contribution in [0.4, 0.5) is 10.2 Å². The number of methoxy groups -OCH3 is 1. The molecule has 2 aliphatic rings. The van der Waals surface area contributed by atoms with Crippen LogP contribution in [0.2, 0.25) is 0 Å². The number of aryl methyl sites for hydroxylation is 2. The van der Waals surface area contributed by atoms with Crippen LogP contribution < -0.4 is 10.6 Å². The third-order valence-electron chi connectivity index (χ3n) is 7.13. The minimum absolute atomic E-state index is 0.0228. The third-order valence-corrected chi connectivity index (χ3v) is 7.13. The maximum atomic E-state index is 13.3. The first kappa shape index (κ1) is 27.3. The highest BCUT2D eigenvalue weighted by Gasteiger charge is 2.39. The van der Waals surface area contributed by atoms with Crippen LogP contribution in [-0.2, 0) is 27.2 Å². The number of hydrogen-bond acceptors (Lipinski definition) is 6. The molecule has 1 aliphatic carbocycles. The molecule has 1 aromatic heterocycles. The Morgan fingerprint density at radius 2 is 2.11 bits per heavy atom. The molecular weight excluding hydrogens is 451 g/mol. The zero-order valence-electron chi connectivity index (χ0n) is 21.2. The molecule has 0 aromatic carbocycles. The number of nitrogens with one attached hydrogen (secondary N) is 2. The van der Waals surface area contributed by atoms with Crippen molar-refractivity contribution < 1.29 is 23.8 Å². The normalized spacial score (nSPS) is 17.8. The predicted molar refractivity (Wildman–Crippen MR) is 133 cm³/mol. The van der Waals surface area contributed by atoms with Crippen LogP contribution in [0.5, 0.6) is 0 Å². The molecule has 1 aromatic rings. The maximum absolute atomic E-state index is 13.3. The summed E-state index contributed by atoms with van der Waals surface area (Å²) in [6.07, 6.45) is 6.93. The molecule has 9 heteroatoms. The van der Waals surface area contributed by atoms with E-state index in [1.165, 1.54) is 12.7 Å². The minimum Gasteiger partial charge on any atom is -0.480 e. The second-order valence-electron chi connectivity index (χ2n) is 10.3. The number of carbonyl (C=O) groups is 2. The van der Waals surface area contributed by atoms with E-state index in [9.17, 15) is 19.1 Å². The fourth-order valence-corrected chi connectivity index (χ4v) is 4.51. The average molecular weight is 493 g/mol. The van der Waals surface area contributed by atoms with E-state index in [-0.39, 0.29) is 17.7 Å². The SMILES string of the molecule is COC(CF)CN(CCCCc1ccc2c(n1)NCCC2)CCC(NC(=O)CC1(C)CC1)C(=O)O. The molecule has 2 unspecified atom stereocenters. The fourth-order valence-electron chi connectivity index (χ4n) is 4.51. The lowest BCUT2D eigenvalue weighted by Gasteiger charge is -2.27. The van der Waals surface area contributed by atoms with E-state index in [1.54, 1.807) is 0 Å². The van der Waals surface area contributed by atoms with Crippen LogP contribution in [0.25, 0.3) is 0 Å². The number of carboxylic acids is 1. The molecule has 1 amide bonds. The first-order valence-electron chi connectivity index (χ1n) is 12.9. The van der Waals surface area contributed by atoms with Crippen LogP contribution >= 0.6 is 0 Å². The van der Waals surface area contributed by atoms with Gasteiger partial charge in [0, 0.05) is 38.9 Å². The van der Waals surface area contributed by atoms with Gasteiger partial charge in [-0.3, -0.25) is 4.79 Å². The number of unbranched alkanes of at least 4 members (excludes halogenated alkanes) is 1. The molecule has 1 aliphatic heterocycles. The molecule has 8 nitrogen and oxygen atoms in total. The van der Waals surface area contributed by atoms with E-state index in [0.29, 0.717) is 26.1 Å². The Labute approximate surface area is 208 Å². The number of ether oxygens (including phenoxy) is 1. The number of amides is 1. The molecule has 0 bridgehead atoms. The number of alkyl halides is 1. The van der Waals surface area contributed by atoms with E-state index >= 15 is 0 Å². The minimum atomic E-state index is -1.04. The largest absolute Gasteiger partial charge is 0.480 e. The summed E-state index contributed by atoms with van der Waals surface area (Å²) in [5.41, 5.74) is 2.35. The summed E-state index contributed by atoms with van der Waals surface area (Å²) in [5.74, 6) is -0.256. The van der Waals surface area contributed by atoms with Gasteiger partial charge in [0.25, 0.3) is 0 Å². The Morgan fingerprint density at radius 1 is 1.31 bits per heavy atom. The summed E-state index contributed by atoms with van der Waals surface area (Å²) in [6, 6.07) is 3.30. The zero-order chi connectivity index (χ0) is 25.3. The lowest BCUT2D eigenvalue weighted by atomic mass is 10.0. The maximum Gasteiger partial charge on any atom is 0.326 e. The monoisotopic (exact) mass is 492 g/mol. The summed E-state index contributed by atoms with van der Waals surface area (Å²) < 4.78 is 18.5. The molecule has 3 rings (SSSR count). The molecule has 0 radical (unpaired) electrons. The smallest absolute Gasteiger partial charge is 0.326 e. The average Bonchev–Trinajstić information content (AvgIpc) is 3.57. The van der Waals surface area contributed by atoms with Crippen molar-refractivity contribution in [3.05, 3.63) is 23.4 Å². The van der Waals surface area contributed by atoms with E-state index in [0.717, 1.165) is 63.0 Å². The number of carboxylic acid groups (broad SMARTS) is 1. The van der Waals surface area contributed by atoms with Gasteiger partial charge in [0.1, 0.15) is 18.5 Å². The fraction of sp³-hybridized carbons (Fsp3) is 0.731. The zero-order valence-corrected chi connectivity index (χ0v) is 21.2. The molecule has 0 spiro atoms. The van der Waals surface area contributed by atoms with Crippen molar-refractivity contribution in [3.8, 4) is 0 Å². The van der Waals surface area contributed by atoms with E-state index in [2.05, 4.69) is 22.8 Å². The van der Waals surface area contributed by atoms with Gasteiger partial charge in [-0.2, -0.15) is 0 Å². The van der Waals surface area contributed by atoms with Crippen LogP contribution in [0.15, 0.2) is 12.1 Å². The van der Waals surface area contributed by atoms with Crippen molar-refractivity contribution in [1.29, 1.82) is 0 Å². The molecule has 1 saturated carbocycles. The second-order valence-corrected chi connectivity index (χ2v) is 10.3. The van der Waals surface area contributed by atoms with Gasteiger partial charge in [-0.15, -0.1) is 0 Å². The molecule has 196 valence electrons. The Hall–Kier alpha value is -2.26. The predicted octanol–water partition coefficient (Wildman–Crippen LogP) is 3.20. The summed E-state index contributed by atoms with van der Waals surface area (Å²) in [5, 5.41) is 15.7. The van der Waals surface area contributed by atoms with Crippen molar-refractivity contribution >= 4 is 17.7 Å². The molecule has 2 atom stereocenters. The van der Waals surface area contributed by atoms with Gasteiger partial charge in [0.05, 0.1) is 6.10 Å². The summed E-state index contributed by atoms with van der Waals surface area (Å²) in [4.78, 5) is 30.8. The van der Waals surface area contributed by atoms with E-state index in [4.69, 9.17) is 9.72 Å². The van der Waals surface area contributed by atoms with E-state index < -0.39 is 24.8 Å². The van der Waals surface area contributed by atoms with Crippen molar-refractivity contribution in [3.63, 3.8) is 0 Å². The van der Waals surface area contributed by atoms with Gasteiger partial charge >= 0.3 is 5.97 Å². The van der Waals surface area contributed by atoms with Crippen molar-refractivity contribution in [1.82, 2.24) is 15.2 Å². The number of halogens is 1. The number of hydrogen-bond donors (Lipinski definition) is 3. The highest BCUT2D eigenvalue weighted by molar-refractivity contribution is 5.84. The molecular formula is C26H41FN4O4. The Kier molecular flexibility index (Phi) is 10.3. The van der Waals surface area contributed by atoms with Gasteiger partial charge in [-0.05, 0) is 75.0 Å². The molecule has 2 heterocycles. The highest BCUT2D eigenvalue weighted by atomic mass is 19.1. The number of fused-ring (bicyclic) bond motifs is 1. The quantitative estimate of drug-likeness (QED) is 0.305. The van der Waals surface area contributed by atoms with Crippen LogP contribution in [0.3, 0.4) is 0 Å². The van der Waals surface area contributed by atoms with Crippen LogP contribution in [-0.4, -0.2) is 79.0 Å². The van der Waals surface area contributed by atoms with Crippen LogP contribution in [0.1, 0.15) is 63.1 Å². The number of anilines is 1. The number of carbonyl (C=O) groups excluding carboxylic acids is 1. The second kappa shape index (κ2) is 13.2. The number of rotatable bonds is 16. The van der Waals surface area contributed by atoms with Gasteiger partial charge in [-0.25, -0.2) is 14.2 Å². The summed E-state index contributed by atoms with van der Waals surface area (Å²) >= 11 is 0. The lowest BCUT2D eigenvalue weighted by Crippen LogP contribution is -2.45.